The van der Waals surface area contributed by atoms with Crippen LogP contribution in [0.2, 0.25) is 0 Å². The van der Waals surface area contributed by atoms with Crippen molar-refractivity contribution in [2.75, 3.05) is 13.1 Å². The first-order valence-electron chi connectivity index (χ1n) is 9.76. The number of aryl methyl sites for hydroxylation is 1. The van der Waals surface area contributed by atoms with Gasteiger partial charge in [0, 0.05) is 43.8 Å². The first kappa shape index (κ1) is 18.9. The highest BCUT2D eigenvalue weighted by molar-refractivity contribution is 5.94. The molecule has 2 aromatic carbocycles. The zero-order valence-electron chi connectivity index (χ0n) is 16.3. The van der Waals surface area contributed by atoms with Crippen LogP contribution in [0.3, 0.4) is 0 Å². The van der Waals surface area contributed by atoms with Crippen LogP contribution in [-0.2, 0) is 0 Å². The summed E-state index contributed by atoms with van der Waals surface area (Å²) in [4.78, 5) is 23.0. The summed E-state index contributed by atoms with van der Waals surface area (Å²) in [5, 5.41) is 0. The molecule has 0 radical (unpaired) electrons. The van der Waals surface area contributed by atoms with Gasteiger partial charge in [-0.2, -0.15) is 4.98 Å². The summed E-state index contributed by atoms with van der Waals surface area (Å²) in [5.74, 6) is 2.80. The number of likely N-dealkylation sites (tertiary alicyclic amines) is 1. The van der Waals surface area contributed by atoms with Gasteiger partial charge in [-0.1, -0.05) is 18.2 Å². The summed E-state index contributed by atoms with van der Waals surface area (Å²) < 4.78 is 11.7. The van der Waals surface area contributed by atoms with Crippen molar-refractivity contribution >= 4 is 5.91 Å². The maximum atomic E-state index is 12.8. The first-order chi connectivity index (χ1) is 14.2. The summed E-state index contributed by atoms with van der Waals surface area (Å²) in [6.45, 7) is 3.16. The fourth-order valence-corrected chi connectivity index (χ4v) is 3.32. The number of rotatable bonds is 5. The second-order valence-electron chi connectivity index (χ2n) is 6.99. The molecule has 0 bridgehead atoms. The molecule has 29 heavy (non-hydrogen) atoms. The van der Waals surface area contributed by atoms with Crippen molar-refractivity contribution < 1.29 is 14.3 Å². The van der Waals surface area contributed by atoms with Crippen LogP contribution in [0, 0.1) is 6.92 Å². The van der Waals surface area contributed by atoms with Gasteiger partial charge in [-0.25, -0.2) is 4.98 Å². The normalized spacial score (nSPS) is 14.4. The Hall–Kier alpha value is -3.41. The van der Waals surface area contributed by atoms with Crippen LogP contribution in [0.1, 0.15) is 29.0 Å². The van der Waals surface area contributed by atoms with Crippen molar-refractivity contribution in [3.63, 3.8) is 0 Å². The fourth-order valence-electron chi connectivity index (χ4n) is 3.32. The largest absolute Gasteiger partial charge is 0.474 e. The maximum absolute atomic E-state index is 12.8. The molecule has 0 unspecified atom stereocenters. The van der Waals surface area contributed by atoms with Gasteiger partial charge in [-0.15, -0.1) is 0 Å². The molecule has 0 N–H and O–H groups in total. The molecular weight excluding hydrogens is 366 g/mol. The highest BCUT2D eigenvalue weighted by atomic mass is 16.5. The van der Waals surface area contributed by atoms with Crippen LogP contribution in [0.25, 0.3) is 0 Å². The lowest BCUT2D eigenvalue weighted by Crippen LogP contribution is -2.41. The molecule has 6 heteroatoms. The van der Waals surface area contributed by atoms with Crippen LogP contribution in [0.5, 0.6) is 17.4 Å². The van der Waals surface area contributed by atoms with E-state index in [4.69, 9.17) is 9.47 Å². The van der Waals surface area contributed by atoms with Crippen LogP contribution in [0.4, 0.5) is 0 Å². The average Bonchev–Trinajstić information content (AvgIpc) is 2.75. The summed E-state index contributed by atoms with van der Waals surface area (Å²) in [6.07, 6.45) is 3.32. The lowest BCUT2D eigenvalue weighted by Gasteiger charge is -2.32. The van der Waals surface area contributed by atoms with Gasteiger partial charge in [0.1, 0.15) is 23.4 Å². The lowest BCUT2D eigenvalue weighted by molar-refractivity contribution is 0.0587. The number of aromatic nitrogens is 2. The Morgan fingerprint density at radius 1 is 0.966 bits per heavy atom. The number of carbonyl (C=O) groups excluding carboxylic acids is 1. The van der Waals surface area contributed by atoms with Crippen molar-refractivity contribution in [3.8, 4) is 17.4 Å². The van der Waals surface area contributed by atoms with Gasteiger partial charge in [0.15, 0.2) is 0 Å². The maximum Gasteiger partial charge on any atom is 0.253 e. The molecule has 1 aliphatic heterocycles. The Morgan fingerprint density at radius 3 is 2.34 bits per heavy atom. The second kappa shape index (κ2) is 8.73. The monoisotopic (exact) mass is 389 g/mol. The number of amides is 1. The van der Waals surface area contributed by atoms with E-state index in [0.717, 1.165) is 18.6 Å². The van der Waals surface area contributed by atoms with Gasteiger partial charge in [-0.3, -0.25) is 4.79 Å². The Labute approximate surface area is 170 Å². The van der Waals surface area contributed by atoms with E-state index in [2.05, 4.69) is 9.97 Å². The predicted octanol–water partition coefficient (Wildman–Crippen LogP) is 4.26. The minimum Gasteiger partial charge on any atom is -0.474 e. The molecule has 4 rings (SSSR count). The van der Waals surface area contributed by atoms with Gasteiger partial charge in [0.2, 0.25) is 5.88 Å². The van der Waals surface area contributed by atoms with Gasteiger partial charge >= 0.3 is 0 Å². The van der Waals surface area contributed by atoms with Crippen LogP contribution in [-0.4, -0.2) is 40.0 Å². The van der Waals surface area contributed by atoms with Crippen molar-refractivity contribution in [2.24, 2.45) is 0 Å². The number of para-hydroxylation sites is 1. The summed E-state index contributed by atoms with van der Waals surface area (Å²) >= 11 is 0. The highest BCUT2D eigenvalue weighted by Crippen LogP contribution is 2.23. The zero-order chi connectivity index (χ0) is 20.1. The van der Waals surface area contributed by atoms with E-state index in [0.29, 0.717) is 36.1 Å². The van der Waals surface area contributed by atoms with E-state index < -0.39 is 0 Å². The van der Waals surface area contributed by atoms with E-state index in [9.17, 15) is 4.79 Å². The highest BCUT2D eigenvalue weighted by Gasteiger charge is 2.25. The van der Waals surface area contributed by atoms with Gasteiger partial charge < -0.3 is 14.4 Å². The van der Waals surface area contributed by atoms with Gasteiger partial charge in [0.25, 0.3) is 5.91 Å². The molecule has 3 aromatic rings. The molecule has 2 heterocycles. The molecule has 1 fully saturated rings. The quantitative estimate of drug-likeness (QED) is 0.652. The van der Waals surface area contributed by atoms with Crippen LogP contribution < -0.4 is 9.47 Å². The van der Waals surface area contributed by atoms with E-state index >= 15 is 0 Å². The second-order valence-corrected chi connectivity index (χ2v) is 6.99. The van der Waals surface area contributed by atoms with Gasteiger partial charge in [0.05, 0.1) is 0 Å². The molecule has 148 valence electrons. The molecule has 1 aromatic heterocycles. The molecule has 0 aliphatic carbocycles. The van der Waals surface area contributed by atoms with Crippen LogP contribution >= 0.6 is 0 Å². The van der Waals surface area contributed by atoms with Crippen molar-refractivity contribution in [3.05, 3.63) is 78.2 Å². The number of hydrogen-bond acceptors (Lipinski definition) is 5. The predicted molar refractivity (Wildman–Crippen MR) is 109 cm³/mol. The van der Waals surface area contributed by atoms with Crippen molar-refractivity contribution in [1.29, 1.82) is 0 Å². The zero-order valence-corrected chi connectivity index (χ0v) is 16.3. The summed E-state index contributed by atoms with van der Waals surface area (Å²) in [5.41, 5.74) is 0.663. The number of ether oxygens (including phenoxy) is 2. The number of hydrogen-bond donors (Lipinski definition) is 0. The molecule has 0 spiro atoms. The molecule has 1 amide bonds. The van der Waals surface area contributed by atoms with Crippen LogP contribution in [0.15, 0.2) is 66.9 Å². The average molecular weight is 389 g/mol. The van der Waals surface area contributed by atoms with E-state index in [-0.39, 0.29) is 12.0 Å². The fraction of sp³-hybridized carbons (Fsp3) is 0.261. The minimum absolute atomic E-state index is 0.0348. The minimum atomic E-state index is 0.0348. The molecule has 1 aliphatic rings. The number of piperidine rings is 1. The van der Waals surface area contributed by atoms with E-state index in [1.807, 2.05) is 66.4 Å². The Morgan fingerprint density at radius 2 is 1.66 bits per heavy atom. The Balaban J connectivity index is 1.31. The SMILES string of the molecule is Cc1nccc(OC2CCN(C(=O)c3ccc(Oc4ccccc4)cc3)CC2)n1. The topological polar surface area (TPSA) is 64.5 Å². The molecule has 6 nitrogen and oxygen atoms in total. The molecular formula is C23H23N3O3. The Bertz CT molecular complexity index is 953. The standard InChI is InChI=1S/C23H23N3O3/c1-17-24-14-11-22(25-17)29-21-12-15-26(16-13-21)23(27)18-7-9-20(10-8-18)28-19-5-3-2-4-6-19/h2-11,14,21H,12-13,15-16H2,1H3. The molecule has 0 saturated carbocycles. The van der Waals surface area contributed by atoms with Crippen molar-refractivity contribution in [2.45, 2.75) is 25.9 Å². The third-order valence-electron chi connectivity index (χ3n) is 4.85. The lowest BCUT2D eigenvalue weighted by atomic mass is 10.1. The molecule has 1 saturated heterocycles. The Kier molecular flexibility index (Phi) is 5.70. The third-order valence-corrected chi connectivity index (χ3v) is 4.85. The van der Waals surface area contributed by atoms with E-state index in [1.165, 1.54) is 0 Å². The smallest absolute Gasteiger partial charge is 0.253 e. The van der Waals surface area contributed by atoms with Crippen molar-refractivity contribution in [1.82, 2.24) is 14.9 Å². The third kappa shape index (κ3) is 4.90. The summed E-state index contributed by atoms with van der Waals surface area (Å²) in [7, 11) is 0. The number of nitrogens with zero attached hydrogens (tertiary/aromatic N) is 3. The number of benzene rings is 2. The van der Waals surface area contributed by atoms with Gasteiger partial charge in [-0.05, 0) is 43.3 Å². The first-order valence-corrected chi connectivity index (χ1v) is 9.76. The number of carbonyl (C=O) groups is 1. The molecule has 0 atom stereocenters. The van der Waals surface area contributed by atoms with E-state index in [1.54, 1.807) is 12.3 Å². The summed E-state index contributed by atoms with van der Waals surface area (Å²) in [6, 6.07) is 18.6.